The average Bonchev–Trinajstić information content (AvgIpc) is 2.48. The standard InChI is InChI=1S/C15H15BrN2O4/c1-4-22-15(21)11-12(19)14(20)18(3)13(17-11)10-7-9(16)6-5-8(10)2/h5-7,19H,4H2,1-3H3. The fraction of sp³-hybridized carbons (Fsp3) is 0.267. The number of carbonyl (C=O) groups is 1. The van der Waals surface area contributed by atoms with Crippen molar-refractivity contribution >= 4 is 21.9 Å². The molecule has 0 unspecified atom stereocenters. The SMILES string of the molecule is CCOC(=O)c1nc(-c2cc(Br)ccc2C)n(C)c(=O)c1O. The quantitative estimate of drug-likeness (QED) is 0.843. The number of aromatic nitrogens is 2. The first-order valence-electron chi connectivity index (χ1n) is 6.60. The number of hydrogen-bond acceptors (Lipinski definition) is 5. The summed E-state index contributed by atoms with van der Waals surface area (Å²) in [7, 11) is 1.49. The maximum atomic E-state index is 12.1. The molecule has 0 aliphatic rings. The minimum absolute atomic E-state index is 0.125. The highest BCUT2D eigenvalue weighted by atomic mass is 79.9. The van der Waals surface area contributed by atoms with Crippen LogP contribution in [0.25, 0.3) is 11.4 Å². The van der Waals surface area contributed by atoms with Crippen LogP contribution in [0.3, 0.4) is 0 Å². The molecule has 0 saturated carbocycles. The number of aryl methyl sites for hydroxylation is 1. The summed E-state index contributed by atoms with van der Waals surface area (Å²) in [4.78, 5) is 28.1. The van der Waals surface area contributed by atoms with Crippen LogP contribution in [0.2, 0.25) is 0 Å². The van der Waals surface area contributed by atoms with Gasteiger partial charge in [-0.25, -0.2) is 9.78 Å². The van der Waals surface area contributed by atoms with Gasteiger partial charge in [-0.1, -0.05) is 22.0 Å². The maximum absolute atomic E-state index is 12.1. The number of aromatic hydroxyl groups is 1. The van der Waals surface area contributed by atoms with Gasteiger partial charge in [0, 0.05) is 17.1 Å². The number of halogens is 1. The Morgan fingerprint density at radius 1 is 1.45 bits per heavy atom. The van der Waals surface area contributed by atoms with Crippen molar-refractivity contribution in [3.8, 4) is 17.1 Å². The lowest BCUT2D eigenvalue weighted by molar-refractivity contribution is 0.0515. The van der Waals surface area contributed by atoms with Crippen LogP contribution in [0, 0.1) is 6.92 Å². The lowest BCUT2D eigenvalue weighted by Crippen LogP contribution is -2.24. The van der Waals surface area contributed by atoms with Gasteiger partial charge in [-0.2, -0.15) is 0 Å². The Labute approximate surface area is 135 Å². The van der Waals surface area contributed by atoms with Crippen molar-refractivity contribution in [2.75, 3.05) is 6.61 Å². The molecule has 0 aliphatic heterocycles. The summed E-state index contributed by atoms with van der Waals surface area (Å²) in [5.41, 5.74) is 0.484. The lowest BCUT2D eigenvalue weighted by atomic mass is 10.1. The molecule has 7 heteroatoms. The third-order valence-corrected chi connectivity index (χ3v) is 3.67. The van der Waals surface area contributed by atoms with Gasteiger partial charge in [-0.15, -0.1) is 0 Å². The zero-order chi connectivity index (χ0) is 16.4. The van der Waals surface area contributed by atoms with Crippen molar-refractivity contribution in [1.29, 1.82) is 0 Å². The molecule has 0 bridgehead atoms. The molecule has 1 aromatic heterocycles. The molecule has 6 nitrogen and oxygen atoms in total. The normalized spacial score (nSPS) is 10.5. The summed E-state index contributed by atoms with van der Waals surface area (Å²) >= 11 is 3.37. The topological polar surface area (TPSA) is 81.4 Å². The monoisotopic (exact) mass is 366 g/mol. The van der Waals surface area contributed by atoms with E-state index in [1.165, 1.54) is 11.6 Å². The van der Waals surface area contributed by atoms with Crippen LogP contribution in [0.5, 0.6) is 5.75 Å². The minimum atomic E-state index is -0.827. The highest BCUT2D eigenvalue weighted by molar-refractivity contribution is 9.10. The molecule has 22 heavy (non-hydrogen) atoms. The van der Waals surface area contributed by atoms with Crippen LogP contribution in [-0.4, -0.2) is 27.2 Å². The predicted octanol–water partition coefficient (Wildman–Crippen LogP) is 2.40. The molecule has 116 valence electrons. The Morgan fingerprint density at radius 3 is 2.77 bits per heavy atom. The molecule has 2 aromatic rings. The number of nitrogens with zero attached hydrogens (tertiary/aromatic N) is 2. The van der Waals surface area contributed by atoms with Crippen molar-refractivity contribution in [1.82, 2.24) is 9.55 Å². The van der Waals surface area contributed by atoms with Gasteiger partial charge in [0.25, 0.3) is 5.56 Å². The van der Waals surface area contributed by atoms with Crippen LogP contribution in [-0.2, 0) is 11.8 Å². The zero-order valence-corrected chi connectivity index (χ0v) is 14.0. The number of ether oxygens (including phenoxy) is 1. The molecular formula is C15H15BrN2O4. The Hall–Kier alpha value is -2.15. The summed E-state index contributed by atoms with van der Waals surface area (Å²) in [6, 6.07) is 5.52. The van der Waals surface area contributed by atoms with Gasteiger partial charge >= 0.3 is 5.97 Å². The van der Waals surface area contributed by atoms with Crippen molar-refractivity contribution in [3.05, 3.63) is 44.3 Å². The summed E-state index contributed by atoms with van der Waals surface area (Å²) in [5, 5.41) is 9.86. The third kappa shape index (κ3) is 2.89. The molecule has 1 N–H and O–H groups in total. The van der Waals surface area contributed by atoms with Crippen molar-refractivity contribution in [3.63, 3.8) is 0 Å². The van der Waals surface area contributed by atoms with Crippen LogP contribution in [0.4, 0.5) is 0 Å². The molecule has 1 aromatic carbocycles. The fourth-order valence-electron chi connectivity index (χ4n) is 2.01. The summed E-state index contributed by atoms with van der Waals surface area (Å²) in [6.45, 7) is 3.63. The number of rotatable bonds is 3. The van der Waals surface area contributed by atoms with Crippen LogP contribution in [0.1, 0.15) is 23.0 Å². The van der Waals surface area contributed by atoms with E-state index in [0.29, 0.717) is 5.56 Å². The molecule has 0 saturated heterocycles. The first-order chi connectivity index (χ1) is 10.4. The largest absolute Gasteiger partial charge is 0.501 e. The molecule has 0 atom stereocenters. The molecule has 0 amide bonds. The van der Waals surface area contributed by atoms with Crippen LogP contribution in [0.15, 0.2) is 27.5 Å². The molecule has 0 spiro atoms. The number of hydrogen-bond donors (Lipinski definition) is 1. The maximum Gasteiger partial charge on any atom is 0.361 e. The molecular weight excluding hydrogens is 352 g/mol. The number of benzene rings is 1. The summed E-state index contributed by atoms with van der Waals surface area (Å²) in [6.07, 6.45) is 0. The van der Waals surface area contributed by atoms with E-state index in [-0.39, 0.29) is 18.1 Å². The lowest BCUT2D eigenvalue weighted by Gasteiger charge is -2.13. The van der Waals surface area contributed by atoms with Gasteiger partial charge in [-0.3, -0.25) is 9.36 Å². The Kier molecular flexibility index (Phi) is 4.65. The average molecular weight is 367 g/mol. The van der Waals surface area contributed by atoms with Gasteiger partial charge < -0.3 is 9.84 Å². The summed E-state index contributed by atoms with van der Waals surface area (Å²) < 4.78 is 6.84. The van der Waals surface area contributed by atoms with E-state index < -0.39 is 17.3 Å². The second-order valence-corrected chi connectivity index (χ2v) is 5.59. The zero-order valence-electron chi connectivity index (χ0n) is 12.4. The molecule has 0 radical (unpaired) electrons. The van der Waals surface area contributed by atoms with Gasteiger partial charge in [-0.05, 0) is 31.5 Å². The predicted molar refractivity (Wildman–Crippen MR) is 85.0 cm³/mol. The smallest absolute Gasteiger partial charge is 0.361 e. The van der Waals surface area contributed by atoms with E-state index in [4.69, 9.17) is 4.74 Å². The van der Waals surface area contributed by atoms with E-state index in [1.54, 1.807) is 13.0 Å². The van der Waals surface area contributed by atoms with E-state index in [1.807, 2.05) is 19.1 Å². The summed E-state index contributed by atoms with van der Waals surface area (Å²) in [5.74, 6) is -1.26. The van der Waals surface area contributed by atoms with Crippen molar-refractivity contribution in [2.24, 2.45) is 7.05 Å². The second-order valence-electron chi connectivity index (χ2n) is 4.68. The van der Waals surface area contributed by atoms with Crippen molar-refractivity contribution in [2.45, 2.75) is 13.8 Å². The number of esters is 1. The second kappa shape index (κ2) is 6.31. The van der Waals surface area contributed by atoms with Gasteiger partial charge in [0.05, 0.1) is 6.61 Å². The Bertz CT molecular complexity index is 799. The molecule has 1 heterocycles. The molecule has 0 fully saturated rings. The van der Waals surface area contributed by atoms with Crippen LogP contribution >= 0.6 is 15.9 Å². The highest BCUT2D eigenvalue weighted by Crippen LogP contribution is 2.26. The fourth-order valence-corrected chi connectivity index (χ4v) is 2.37. The highest BCUT2D eigenvalue weighted by Gasteiger charge is 2.22. The Balaban J connectivity index is 2.74. The van der Waals surface area contributed by atoms with Crippen molar-refractivity contribution < 1.29 is 14.6 Å². The van der Waals surface area contributed by atoms with E-state index in [0.717, 1.165) is 10.0 Å². The first kappa shape index (κ1) is 16.2. The van der Waals surface area contributed by atoms with Gasteiger partial charge in [0.15, 0.2) is 5.69 Å². The van der Waals surface area contributed by atoms with E-state index >= 15 is 0 Å². The first-order valence-corrected chi connectivity index (χ1v) is 7.39. The van der Waals surface area contributed by atoms with Crippen LogP contribution < -0.4 is 5.56 Å². The minimum Gasteiger partial charge on any atom is -0.501 e. The van der Waals surface area contributed by atoms with Gasteiger partial charge in [0.1, 0.15) is 5.82 Å². The molecule has 0 aliphatic carbocycles. The van der Waals surface area contributed by atoms with E-state index in [9.17, 15) is 14.7 Å². The van der Waals surface area contributed by atoms with E-state index in [2.05, 4.69) is 20.9 Å². The number of carbonyl (C=O) groups excluding carboxylic acids is 1. The Morgan fingerprint density at radius 2 is 2.14 bits per heavy atom. The molecule has 2 rings (SSSR count). The van der Waals surface area contributed by atoms with Gasteiger partial charge in [0.2, 0.25) is 5.75 Å². The third-order valence-electron chi connectivity index (χ3n) is 3.18.